The number of aliphatic carboxylic acids is 1. The molecule has 2 atom stereocenters. The van der Waals surface area contributed by atoms with Crippen LogP contribution in [0.15, 0.2) is 0 Å². The van der Waals surface area contributed by atoms with Gasteiger partial charge in [0, 0.05) is 12.6 Å². The van der Waals surface area contributed by atoms with Crippen molar-refractivity contribution in [3.05, 3.63) is 0 Å². The summed E-state index contributed by atoms with van der Waals surface area (Å²) >= 11 is 0. The summed E-state index contributed by atoms with van der Waals surface area (Å²) in [5.74, 6) is -1.58. The number of hydrogen-bond donors (Lipinski definition) is 2. The van der Waals surface area contributed by atoms with Crippen molar-refractivity contribution >= 4 is 5.97 Å². The second-order valence-corrected chi connectivity index (χ2v) is 5.15. The maximum absolute atomic E-state index is 11.0. The molecule has 0 bridgehead atoms. The van der Waals surface area contributed by atoms with Gasteiger partial charge in [-0.2, -0.15) is 0 Å². The Kier molecular flexibility index (Phi) is 4.33. The third-order valence-electron chi connectivity index (χ3n) is 3.79. The van der Waals surface area contributed by atoms with Gasteiger partial charge in [-0.15, -0.1) is 0 Å². The Morgan fingerprint density at radius 1 is 1.25 bits per heavy atom. The molecule has 94 valence electrons. The summed E-state index contributed by atoms with van der Waals surface area (Å²) in [4.78, 5) is 13.3. The Morgan fingerprint density at radius 2 is 1.88 bits per heavy atom. The molecule has 4 nitrogen and oxygen atoms in total. The van der Waals surface area contributed by atoms with Gasteiger partial charge in [0.05, 0.1) is 11.5 Å². The monoisotopic (exact) mass is 229 g/mol. The number of carboxylic acid groups (broad SMARTS) is 1. The lowest BCUT2D eigenvalue weighted by atomic mass is 9.82. The lowest BCUT2D eigenvalue weighted by molar-refractivity contribution is -0.151. The third kappa shape index (κ3) is 2.95. The zero-order valence-corrected chi connectivity index (χ0v) is 10.4. The van der Waals surface area contributed by atoms with E-state index in [1.165, 1.54) is 0 Å². The van der Waals surface area contributed by atoms with Gasteiger partial charge < -0.3 is 15.1 Å². The quantitative estimate of drug-likeness (QED) is 0.766. The Labute approximate surface area is 97.3 Å². The molecule has 1 saturated heterocycles. The Morgan fingerprint density at radius 3 is 2.38 bits per heavy atom. The van der Waals surface area contributed by atoms with Gasteiger partial charge >= 0.3 is 5.97 Å². The maximum atomic E-state index is 11.0. The van der Waals surface area contributed by atoms with E-state index in [9.17, 15) is 9.90 Å². The van der Waals surface area contributed by atoms with Crippen molar-refractivity contribution in [3.63, 3.8) is 0 Å². The SMILES string of the molecule is CC(C)N1CCCC(O)(C(C)C(=O)O)CC1. The van der Waals surface area contributed by atoms with Gasteiger partial charge in [0.2, 0.25) is 0 Å². The summed E-state index contributed by atoms with van der Waals surface area (Å²) < 4.78 is 0. The standard InChI is InChI=1S/C12H23NO3/c1-9(2)13-7-4-5-12(16,6-8-13)10(3)11(14)15/h9-10,16H,4-8H2,1-3H3,(H,14,15). The summed E-state index contributed by atoms with van der Waals surface area (Å²) in [6, 6.07) is 0.461. The van der Waals surface area contributed by atoms with Crippen LogP contribution < -0.4 is 0 Å². The summed E-state index contributed by atoms with van der Waals surface area (Å²) in [7, 11) is 0. The van der Waals surface area contributed by atoms with Crippen LogP contribution in [0.4, 0.5) is 0 Å². The van der Waals surface area contributed by atoms with Gasteiger partial charge in [0.15, 0.2) is 0 Å². The molecule has 1 aliphatic rings. The molecule has 0 aliphatic carbocycles. The van der Waals surface area contributed by atoms with Crippen LogP contribution in [0.3, 0.4) is 0 Å². The second kappa shape index (κ2) is 5.15. The summed E-state index contributed by atoms with van der Waals surface area (Å²) in [6.45, 7) is 7.60. The summed E-state index contributed by atoms with van der Waals surface area (Å²) in [6.07, 6.45) is 2.01. The van der Waals surface area contributed by atoms with Crippen LogP contribution in [0, 0.1) is 5.92 Å². The molecular weight excluding hydrogens is 206 g/mol. The minimum absolute atomic E-state index is 0.461. The van der Waals surface area contributed by atoms with Gasteiger partial charge in [0.1, 0.15) is 0 Å². The van der Waals surface area contributed by atoms with Crippen LogP contribution in [0.5, 0.6) is 0 Å². The number of nitrogens with zero attached hydrogens (tertiary/aromatic N) is 1. The van der Waals surface area contributed by atoms with Crippen molar-refractivity contribution in [2.75, 3.05) is 13.1 Å². The first kappa shape index (κ1) is 13.5. The predicted octanol–water partition coefficient (Wildman–Crippen LogP) is 1.33. The number of aliphatic hydroxyl groups is 1. The van der Waals surface area contributed by atoms with E-state index in [2.05, 4.69) is 18.7 Å². The van der Waals surface area contributed by atoms with Crippen LogP contribution in [0.25, 0.3) is 0 Å². The Balaban J connectivity index is 2.67. The highest BCUT2D eigenvalue weighted by atomic mass is 16.4. The molecule has 0 aromatic heterocycles. The average molecular weight is 229 g/mol. The number of rotatable bonds is 3. The van der Waals surface area contributed by atoms with Crippen LogP contribution >= 0.6 is 0 Å². The maximum Gasteiger partial charge on any atom is 0.309 e. The molecule has 1 aliphatic heterocycles. The van der Waals surface area contributed by atoms with E-state index in [-0.39, 0.29) is 0 Å². The van der Waals surface area contributed by atoms with E-state index >= 15 is 0 Å². The third-order valence-corrected chi connectivity index (χ3v) is 3.79. The Hall–Kier alpha value is -0.610. The highest BCUT2D eigenvalue weighted by molar-refractivity contribution is 5.71. The Bertz CT molecular complexity index is 255. The van der Waals surface area contributed by atoms with Gasteiger partial charge in [-0.05, 0) is 46.6 Å². The number of hydrogen-bond acceptors (Lipinski definition) is 3. The largest absolute Gasteiger partial charge is 0.481 e. The first-order valence-corrected chi connectivity index (χ1v) is 6.06. The lowest BCUT2D eigenvalue weighted by Gasteiger charge is -2.31. The van der Waals surface area contributed by atoms with Gasteiger partial charge in [-0.1, -0.05) is 0 Å². The van der Waals surface area contributed by atoms with Gasteiger partial charge in [-0.25, -0.2) is 0 Å². The van der Waals surface area contributed by atoms with E-state index in [0.29, 0.717) is 18.9 Å². The van der Waals surface area contributed by atoms with Crippen molar-refractivity contribution in [3.8, 4) is 0 Å². The van der Waals surface area contributed by atoms with E-state index in [1.54, 1.807) is 6.92 Å². The molecule has 2 N–H and O–H groups in total. The molecule has 2 unspecified atom stereocenters. The molecule has 1 heterocycles. The molecule has 1 rings (SSSR count). The molecule has 16 heavy (non-hydrogen) atoms. The van der Waals surface area contributed by atoms with Crippen LogP contribution in [-0.2, 0) is 4.79 Å². The van der Waals surface area contributed by atoms with E-state index < -0.39 is 17.5 Å². The summed E-state index contributed by atoms with van der Waals surface area (Å²) in [5.41, 5.74) is -1.03. The molecule has 0 aromatic rings. The number of carbonyl (C=O) groups is 1. The van der Waals surface area contributed by atoms with Crippen molar-refractivity contribution < 1.29 is 15.0 Å². The topological polar surface area (TPSA) is 60.8 Å². The smallest absolute Gasteiger partial charge is 0.309 e. The van der Waals surface area contributed by atoms with Crippen molar-refractivity contribution in [1.29, 1.82) is 0 Å². The van der Waals surface area contributed by atoms with Crippen molar-refractivity contribution in [2.45, 2.75) is 51.7 Å². The molecule has 0 radical (unpaired) electrons. The molecule has 0 saturated carbocycles. The average Bonchev–Trinajstić information content (AvgIpc) is 2.40. The highest BCUT2D eigenvalue weighted by Crippen LogP contribution is 2.30. The normalized spacial score (nSPS) is 30.1. The van der Waals surface area contributed by atoms with Crippen molar-refractivity contribution in [1.82, 2.24) is 4.90 Å². The fraction of sp³-hybridized carbons (Fsp3) is 0.917. The fourth-order valence-electron chi connectivity index (χ4n) is 2.34. The van der Waals surface area contributed by atoms with E-state index in [4.69, 9.17) is 5.11 Å². The van der Waals surface area contributed by atoms with Crippen LogP contribution in [-0.4, -0.2) is 45.8 Å². The van der Waals surface area contributed by atoms with E-state index in [1.807, 2.05) is 0 Å². The molecule has 0 spiro atoms. The number of carboxylic acids is 1. The minimum atomic E-state index is -1.03. The van der Waals surface area contributed by atoms with Crippen LogP contribution in [0.2, 0.25) is 0 Å². The zero-order chi connectivity index (χ0) is 12.3. The first-order valence-electron chi connectivity index (χ1n) is 6.06. The highest BCUT2D eigenvalue weighted by Gasteiger charge is 2.39. The van der Waals surface area contributed by atoms with Gasteiger partial charge in [0.25, 0.3) is 0 Å². The molecule has 0 aromatic carbocycles. The molecule has 1 fully saturated rings. The van der Waals surface area contributed by atoms with E-state index in [0.717, 1.165) is 19.5 Å². The lowest BCUT2D eigenvalue weighted by Crippen LogP contribution is -2.42. The predicted molar refractivity (Wildman–Crippen MR) is 62.3 cm³/mol. The zero-order valence-electron chi connectivity index (χ0n) is 10.4. The number of likely N-dealkylation sites (tertiary alicyclic amines) is 1. The van der Waals surface area contributed by atoms with Crippen LogP contribution in [0.1, 0.15) is 40.0 Å². The molecular formula is C12H23NO3. The van der Waals surface area contributed by atoms with Gasteiger partial charge in [-0.3, -0.25) is 4.79 Å². The fourth-order valence-corrected chi connectivity index (χ4v) is 2.34. The molecule has 0 amide bonds. The first-order chi connectivity index (χ1) is 7.37. The van der Waals surface area contributed by atoms with Crippen molar-refractivity contribution in [2.24, 2.45) is 5.92 Å². The molecule has 4 heteroatoms. The minimum Gasteiger partial charge on any atom is -0.481 e. The summed E-state index contributed by atoms with van der Waals surface area (Å²) in [5, 5.41) is 19.4. The second-order valence-electron chi connectivity index (χ2n) is 5.15.